The Morgan fingerprint density at radius 1 is 1.41 bits per heavy atom. The number of carbonyl (C=O) groups excluding carboxylic acids is 1. The number of carbonyl (C=O) groups is 1. The summed E-state index contributed by atoms with van der Waals surface area (Å²) in [6.07, 6.45) is 0.748. The molecular weight excluding hydrogens is 232 g/mol. The molecule has 3 nitrogen and oxygen atoms in total. The van der Waals surface area contributed by atoms with Crippen LogP contribution in [0.5, 0.6) is 0 Å². The summed E-state index contributed by atoms with van der Waals surface area (Å²) in [6.45, 7) is 3.17. The van der Waals surface area contributed by atoms with E-state index in [1.54, 1.807) is 11.8 Å². The topological polar surface area (TPSA) is 55.1 Å². The summed E-state index contributed by atoms with van der Waals surface area (Å²) in [5.74, 6) is 1.01. The van der Waals surface area contributed by atoms with Crippen LogP contribution in [0.15, 0.2) is 35.2 Å². The molecule has 1 rings (SSSR count). The Labute approximate surface area is 107 Å². The Balaban J connectivity index is 2.14. The molecule has 0 aliphatic heterocycles. The molecule has 1 aromatic carbocycles. The molecule has 0 aromatic heterocycles. The molecule has 1 unspecified atom stereocenters. The number of thioether (sulfide) groups is 1. The predicted octanol–water partition coefficient (Wildman–Crippen LogP) is 1.88. The van der Waals surface area contributed by atoms with E-state index in [-0.39, 0.29) is 11.8 Å². The van der Waals surface area contributed by atoms with Gasteiger partial charge in [0.1, 0.15) is 0 Å². The SMILES string of the molecule is CC(CCN)C(=O)NCCSc1ccccc1. The van der Waals surface area contributed by atoms with E-state index in [1.165, 1.54) is 4.90 Å². The molecule has 1 aromatic rings. The number of nitrogens with two attached hydrogens (primary N) is 1. The van der Waals surface area contributed by atoms with E-state index in [1.807, 2.05) is 25.1 Å². The second-order valence-electron chi connectivity index (χ2n) is 3.93. The van der Waals surface area contributed by atoms with Gasteiger partial charge >= 0.3 is 0 Å². The predicted molar refractivity (Wildman–Crippen MR) is 73.0 cm³/mol. The maximum atomic E-state index is 11.6. The molecule has 3 N–H and O–H groups in total. The van der Waals surface area contributed by atoms with Crippen LogP contribution < -0.4 is 11.1 Å². The highest BCUT2D eigenvalue weighted by molar-refractivity contribution is 7.99. The molecule has 0 aliphatic rings. The van der Waals surface area contributed by atoms with Crippen LogP contribution in [0.1, 0.15) is 13.3 Å². The minimum Gasteiger partial charge on any atom is -0.355 e. The zero-order chi connectivity index (χ0) is 12.5. The van der Waals surface area contributed by atoms with E-state index < -0.39 is 0 Å². The van der Waals surface area contributed by atoms with Crippen LogP contribution in [0, 0.1) is 5.92 Å². The summed E-state index contributed by atoms with van der Waals surface area (Å²) >= 11 is 1.75. The fourth-order valence-corrected chi connectivity index (χ4v) is 2.20. The van der Waals surface area contributed by atoms with Crippen molar-refractivity contribution in [2.45, 2.75) is 18.2 Å². The normalized spacial score (nSPS) is 12.1. The molecule has 4 heteroatoms. The summed E-state index contributed by atoms with van der Waals surface area (Å²) < 4.78 is 0. The van der Waals surface area contributed by atoms with Gasteiger partial charge in [-0.15, -0.1) is 11.8 Å². The lowest BCUT2D eigenvalue weighted by molar-refractivity contribution is -0.124. The monoisotopic (exact) mass is 252 g/mol. The second kappa shape index (κ2) is 8.14. The lowest BCUT2D eigenvalue weighted by Crippen LogP contribution is -2.31. The smallest absolute Gasteiger partial charge is 0.222 e. The molecule has 17 heavy (non-hydrogen) atoms. The van der Waals surface area contributed by atoms with Crippen LogP contribution in [0.4, 0.5) is 0 Å². The fraction of sp³-hybridized carbons (Fsp3) is 0.462. The van der Waals surface area contributed by atoms with Crippen molar-refractivity contribution in [1.29, 1.82) is 0 Å². The Bertz CT molecular complexity index is 329. The number of hydrogen-bond donors (Lipinski definition) is 2. The Kier molecular flexibility index (Phi) is 6.74. The largest absolute Gasteiger partial charge is 0.355 e. The molecule has 0 spiro atoms. The summed E-state index contributed by atoms with van der Waals surface area (Å²) in [5, 5.41) is 2.92. The van der Waals surface area contributed by atoms with Crippen molar-refractivity contribution in [1.82, 2.24) is 5.32 Å². The molecule has 0 bridgehead atoms. The number of hydrogen-bond acceptors (Lipinski definition) is 3. The third-order valence-corrected chi connectivity index (χ3v) is 3.47. The summed E-state index contributed by atoms with van der Waals surface area (Å²) in [6, 6.07) is 10.2. The van der Waals surface area contributed by atoms with Gasteiger partial charge in [-0.25, -0.2) is 0 Å². The zero-order valence-electron chi connectivity index (χ0n) is 10.2. The molecule has 0 heterocycles. The van der Waals surface area contributed by atoms with Crippen LogP contribution in [0.2, 0.25) is 0 Å². The highest BCUT2D eigenvalue weighted by Gasteiger charge is 2.10. The van der Waals surface area contributed by atoms with Gasteiger partial charge in [0, 0.05) is 23.1 Å². The summed E-state index contributed by atoms with van der Waals surface area (Å²) in [5.41, 5.74) is 5.41. The third-order valence-electron chi connectivity index (χ3n) is 2.46. The first kappa shape index (κ1) is 14.1. The minimum atomic E-state index is 0.0155. The molecule has 0 saturated carbocycles. The summed E-state index contributed by atoms with van der Waals surface area (Å²) in [7, 11) is 0. The van der Waals surface area contributed by atoms with E-state index in [2.05, 4.69) is 17.4 Å². The molecule has 0 radical (unpaired) electrons. The quantitative estimate of drug-likeness (QED) is 0.575. The maximum Gasteiger partial charge on any atom is 0.222 e. The molecule has 1 amide bonds. The maximum absolute atomic E-state index is 11.6. The highest BCUT2D eigenvalue weighted by Crippen LogP contribution is 2.15. The number of amides is 1. The highest BCUT2D eigenvalue weighted by atomic mass is 32.2. The average Bonchev–Trinajstić information content (AvgIpc) is 2.36. The first-order chi connectivity index (χ1) is 8.24. The standard InChI is InChI=1S/C13H20N2OS/c1-11(7-8-14)13(16)15-9-10-17-12-5-3-2-4-6-12/h2-6,11H,7-10,14H2,1H3,(H,15,16). The van der Waals surface area contributed by atoms with Crippen LogP contribution in [0.3, 0.4) is 0 Å². The van der Waals surface area contributed by atoms with Crippen LogP contribution in [-0.2, 0) is 4.79 Å². The Morgan fingerprint density at radius 2 is 2.12 bits per heavy atom. The van der Waals surface area contributed by atoms with Crippen molar-refractivity contribution in [2.24, 2.45) is 11.7 Å². The third kappa shape index (κ3) is 5.75. The molecule has 0 saturated heterocycles. The van der Waals surface area contributed by atoms with Crippen molar-refractivity contribution >= 4 is 17.7 Å². The fourth-order valence-electron chi connectivity index (χ4n) is 1.42. The van der Waals surface area contributed by atoms with Crippen molar-refractivity contribution in [3.8, 4) is 0 Å². The first-order valence-corrected chi connectivity index (χ1v) is 6.88. The van der Waals surface area contributed by atoms with Crippen LogP contribution >= 0.6 is 11.8 Å². The van der Waals surface area contributed by atoms with Crippen LogP contribution in [0.25, 0.3) is 0 Å². The lowest BCUT2D eigenvalue weighted by Gasteiger charge is -2.10. The van der Waals surface area contributed by atoms with Crippen molar-refractivity contribution in [3.63, 3.8) is 0 Å². The van der Waals surface area contributed by atoms with E-state index >= 15 is 0 Å². The molecule has 0 aliphatic carbocycles. The molecule has 1 atom stereocenters. The molecule has 0 fully saturated rings. The number of nitrogens with one attached hydrogen (secondary N) is 1. The van der Waals surface area contributed by atoms with Gasteiger partial charge in [0.15, 0.2) is 0 Å². The van der Waals surface area contributed by atoms with Crippen molar-refractivity contribution in [2.75, 3.05) is 18.8 Å². The zero-order valence-corrected chi connectivity index (χ0v) is 11.0. The number of benzene rings is 1. The van der Waals surface area contributed by atoms with Crippen LogP contribution in [-0.4, -0.2) is 24.7 Å². The van der Waals surface area contributed by atoms with Crippen molar-refractivity contribution in [3.05, 3.63) is 30.3 Å². The van der Waals surface area contributed by atoms with E-state index in [4.69, 9.17) is 5.73 Å². The average molecular weight is 252 g/mol. The Hall–Kier alpha value is -1.00. The van der Waals surface area contributed by atoms with Gasteiger partial charge in [-0.05, 0) is 25.1 Å². The van der Waals surface area contributed by atoms with Gasteiger partial charge in [-0.1, -0.05) is 25.1 Å². The molecular formula is C13H20N2OS. The van der Waals surface area contributed by atoms with Gasteiger partial charge in [0.2, 0.25) is 5.91 Å². The number of rotatable bonds is 7. The lowest BCUT2D eigenvalue weighted by atomic mass is 10.1. The van der Waals surface area contributed by atoms with Gasteiger partial charge < -0.3 is 11.1 Å². The second-order valence-corrected chi connectivity index (χ2v) is 5.10. The van der Waals surface area contributed by atoms with Crippen molar-refractivity contribution < 1.29 is 4.79 Å². The van der Waals surface area contributed by atoms with Gasteiger partial charge in [-0.2, -0.15) is 0 Å². The van der Waals surface area contributed by atoms with E-state index in [0.29, 0.717) is 13.1 Å². The minimum absolute atomic E-state index is 0.0155. The summed E-state index contributed by atoms with van der Waals surface area (Å²) in [4.78, 5) is 12.8. The van der Waals surface area contributed by atoms with Gasteiger partial charge in [0.25, 0.3) is 0 Å². The first-order valence-electron chi connectivity index (χ1n) is 5.89. The van der Waals surface area contributed by atoms with E-state index in [0.717, 1.165) is 12.2 Å². The Morgan fingerprint density at radius 3 is 2.76 bits per heavy atom. The van der Waals surface area contributed by atoms with Gasteiger partial charge in [-0.3, -0.25) is 4.79 Å². The molecule has 94 valence electrons. The van der Waals surface area contributed by atoms with E-state index in [9.17, 15) is 4.79 Å². The van der Waals surface area contributed by atoms with Gasteiger partial charge in [0.05, 0.1) is 0 Å².